The van der Waals surface area contributed by atoms with Crippen LogP contribution in [0.5, 0.6) is 0 Å². The van der Waals surface area contributed by atoms with Crippen molar-refractivity contribution in [2.75, 3.05) is 12.0 Å². The fraction of sp³-hybridized carbons (Fsp3) is 0.455. The van der Waals surface area contributed by atoms with Crippen LogP contribution in [0.15, 0.2) is 30.6 Å². The second-order valence-corrected chi connectivity index (χ2v) is 8.27. The maximum atomic E-state index is 13.6. The molecular weight excluding hydrogens is 384 g/mol. The predicted octanol–water partition coefficient (Wildman–Crippen LogP) is 2.46. The topological polar surface area (TPSA) is 93.5 Å². The van der Waals surface area contributed by atoms with Crippen LogP contribution in [0, 0.1) is 6.92 Å². The summed E-state index contributed by atoms with van der Waals surface area (Å²) in [6.07, 6.45) is 5.51. The molecule has 0 radical (unpaired) electrons. The number of aromatic nitrogens is 2. The molecule has 2 heterocycles. The van der Waals surface area contributed by atoms with Gasteiger partial charge in [0.05, 0.1) is 20.0 Å². The van der Waals surface area contributed by atoms with Crippen molar-refractivity contribution in [3.05, 3.63) is 47.5 Å². The number of hydrogen-bond donors (Lipinski definition) is 1. The van der Waals surface area contributed by atoms with Crippen LogP contribution in [-0.2, 0) is 16.1 Å². The number of rotatable bonds is 4. The molecule has 1 aliphatic carbocycles. The highest BCUT2D eigenvalue weighted by Gasteiger charge is 2.50. The van der Waals surface area contributed by atoms with E-state index in [1.54, 1.807) is 11.5 Å². The molecule has 2 aromatic rings. The van der Waals surface area contributed by atoms with Crippen molar-refractivity contribution in [1.82, 2.24) is 14.9 Å². The van der Waals surface area contributed by atoms with E-state index < -0.39 is 17.4 Å². The molecule has 2 aliphatic rings. The summed E-state index contributed by atoms with van der Waals surface area (Å²) in [5.41, 5.74) is 0.556. The molecule has 0 bridgehead atoms. The second kappa shape index (κ2) is 7.59. The van der Waals surface area contributed by atoms with Gasteiger partial charge in [-0.2, -0.15) is 0 Å². The molecule has 1 N–H and O–H groups in total. The number of fused-ring (bicyclic) bond motifs is 1. The Morgan fingerprint density at radius 1 is 1.20 bits per heavy atom. The largest absolute Gasteiger partial charge is 0.464 e. The van der Waals surface area contributed by atoms with Crippen molar-refractivity contribution in [2.45, 2.75) is 57.7 Å². The minimum Gasteiger partial charge on any atom is -0.464 e. The van der Waals surface area contributed by atoms with Gasteiger partial charge in [0.15, 0.2) is 5.69 Å². The smallest absolute Gasteiger partial charge is 0.359 e. The lowest BCUT2D eigenvalue weighted by Gasteiger charge is -2.44. The number of hydrogen-bond acceptors (Lipinski definition) is 5. The van der Waals surface area contributed by atoms with Crippen LogP contribution in [-0.4, -0.2) is 46.0 Å². The fourth-order valence-electron chi connectivity index (χ4n) is 4.39. The molecule has 1 aliphatic heterocycles. The average molecular weight is 410 g/mol. The van der Waals surface area contributed by atoms with E-state index in [-0.39, 0.29) is 29.9 Å². The van der Waals surface area contributed by atoms with Crippen molar-refractivity contribution < 1.29 is 19.1 Å². The summed E-state index contributed by atoms with van der Waals surface area (Å²) < 4.78 is 6.37. The minimum atomic E-state index is -1.17. The number of amides is 2. The lowest BCUT2D eigenvalue weighted by molar-refractivity contribution is -0.127. The highest BCUT2D eigenvalue weighted by atomic mass is 16.5. The van der Waals surface area contributed by atoms with E-state index >= 15 is 0 Å². The maximum absolute atomic E-state index is 13.6. The first-order valence-corrected chi connectivity index (χ1v) is 10.2. The first-order chi connectivity index (χ1) is 14.3. The molecule has 0 spiro atoms. The number of anilines is 1. The highest BCUT2D eigenvalue weighted by molar-refractivity contribution is 6.15. The molecular formula is C22H26N4O4. The van der Waals surface area contributed by atoms with Crippen LogP contribution in [0.3, 0.4) is 0 Å². The molecule has 1 saturated carbocycles. The summed E-state index contributed by atoms with van der Waals surface area (Å²) in [5, 5.41) is 3.13. The lowest BCUT2D eigenvalue weighted by Crippen LogP contribution is -2.65. The van der Waals surface area contributed by atoms with Crippen LogP contribution in [0.1, 0.15) is 59.1 Å². The Labute approximate surface area is 175 Å². The predicted molar refractivity (Wildman–Crippen MR) is 110 cm³/mol. The number of imidazole rings is 1. The van der Waals surface area contributed by atoms with E-state index in [0.29, 0.717) is 5.69 Å². The molecule has 4 rings (SSSR count). The first-order valence-electron chi connectivity index (χ1n) is 10.2. The van der Waals surface area contributed by atoms with Crippen molar-refractivity contribution in [3.63, 3.8) is 0 Å². The maximum Gasteiger partial charge on any atom is 0.359 e. The molecule has 1 atom stereocenters. The normalized spacial score (nSPS) is 21.4. The van der Waals surface area contributed by atoms with Gasteiger partial charge in [0, 0.05) is 11.7 Å². The molecule has 0 saturated heterocycles. The Kier molecular flexibility index (Phi) is 5.09. The van der Waals surface area contributed by atoms with Gasteiger partial charge >= 0.3 is 5.97 Å². The Morgan fingerprint density at radius 3 is 2.50 bits per heavy atom. The van der Waals surface area contributed by atoms with Crippen LogP contribution in [0.2, 0.25) is 0 Å². The second-order valence-electron chi connectivity index (χ2n) is 8.27. The first kappa shape index (κ1) is 20.1. The Balaban J connectivity index is 1.79. The van der Waals surface area contributed by atoms with Crippen LogP contribution < -0.4 is 10.2 Å². The zero-order valence-electron chi connectivity index (χ0n) is 17.5. The zero-order chi connectivity index (χ0) is 21.5. The van der Waals surface area contributed by atoms with E-state index in [0.717, 1.165) is 31.2 Å². The van der Waals surface area contributed by atoms with Crippen molar-refractivity contribution >= 4 is 23.5 Å². The SMILES string of the molecule is COC(=O)c1ncn2c1C(=O)N(c1ccc(C)cc1)C(C)(C(=O)NC1CCCC1)C2. The number of ether oxygens (including phenoxy) is 1. The average Bonchev–Trinajstić information content (AvgIpc) is 3.38. The van der Waals surface area contributed by atoms with E-state index in [1.807, 2.05) is 31.2 Å². The number of esters is 1. The third-order valence-corrected chi connectivity index (χ3v) is 6.07. The summed E-state index contributed by atoms with van der Waals surface area (Å²) in [4.78, 5) is 44.8. The monoisotopic (exact) mass is 410 g/mol. The molecule has 1 aromatic carbocycles. The third-order valence-electron chi connectivity index (χ3n) is 6.07. The molecule has 2 amide bonds. The van der Waals surface area contributed by atoms with Crippen LogP contribution >= 0.6 is 0 Å². The molecule has 8 nitrogen and oxygen atoms in total. The van der Waals surface area contributed by atoms with Gasteiger partial charge in [0.2, 0.25) is 5.91 Å². The standard InChI is InChI=1S/C22H26N4O4/c1-14-8-10-16(11-9-14)26-19(27)18-17(20(28)30-3)23-13-25(18)12-22(26,2)21(29)24-15-6-4-5-7-15/h8-11,13,15H,4-7,12H2,1-3H3,(H,24,29). The Morgan fingerprint density at radius 2 is 1.87 bits per heavy atom. The number of nitrogens with zero attached hydrogens (tertiary/aromatic N) is 3. The van der Waals surface area contributed by atoms with Crippen LogP contribution in [0.4, 0.5) is 5.69 Å². The van der Waals surface area contributed by atoms with Crippen LogP contribution in [0.25, 0.3) is 0 Å². The summed E-state index contributed by atoms with van der Waals surface area (Å²) in [6, 6.07) is 7.55. The summed E-state index contributed by atoms with van der Waals surface area (Å²) in [5.74, 6) is -1.34. The van der Waals surface area contributed by atoms with Gasteiger partial charge < -0.3 is 14.6 Å². The van der Waals surface area contributed by atoms with E-state index in [1.165, 1.54) is 18.3 Å². The number of benzene rings is 1. The molecule has 1 fully saturated rings. The summed E-state index contributed by atoms with van der Waals surface area (Å²) in [6.45, 7) is 3.90. The molecule has 158 valence electrons. The highest BCUT2D eigenvalue weighted by Crippen LogP contribution is 2.34. The van der Waals surface area contributed by atoms with Gasteiger partial charge in [-0.1, -0.05) is 30.5 Å². The number of carbonyl (C=O) groups excluding carboxylic acids is 3. The number of nitrogens with one attached hydrogen (secondary N) is 1. The van der Waals surface area contributed by atoms with E-state index in [2.05, 4.69) is 10.3 Å². The van der Waals surface area contributed by atoms with Gasteiger partial charge in [0.1, 0.15) is 11.2 Å². The van der Waals surface area contributed by atoms with E-state index in [4.69, 9.17) is 4.74 Å². The summed E-state index contributed by atoms with van der Waals surface area (Å²) in [7, 11) is 1.25. The van der Waals surface area contributed by atoms with Gasteiger partial charge in [-0.3, -0.25) is 14.5 Å². The molecule has 8 heteroatoms. The fourth-order valence-corrected chi connectivity index (χ4v) is 4.39. The molecule has 30 heavy (non-hydrogen) atoms. The van der Waals surface area contributed by atoms with Crippen molar-refractivity contribution in [2.24, 2.45) is 0 Å². The molecule has 1 aromatic heterocycles. The van der Waals surface area contributed by atoms with Gasteiger partial charge in [-0.05, 0) is 38.8 Å². The van der Waals surface area contributed by atoms with E-state index in [9.17, 15) is 14.4 Å². The Hall–Kier alpha value is -3.16. The zero-order valence-corrected chi connectivity index (χ0v) is 17.5. The minimum absolute atomic E-state index is 0.0436. The third kappa shape index (κ3) is 3.26. The van der Waals surface area contributed by atoms with Crippen molar-refractivity contribution in [1.29, 1.82) is 0 Å². The number of methoxy groups -OCH3 is 1. The van der Waals surface area contributed by atoms with Crippen molar-refractivity contribution in [3.8, 4) is 0 Å². The summed E-state index contributed by atoms with van der Waals surface area (Å²) >= 11 is 0. The molecule has 1 unspecified atom stereocenters. The Bertz CT molecular complexity index is 991. The van der Waals surface area contributed by atoms with Gasteiger partial charge in [-0.15, -0.1) is 0 Å². The number of carbonyl (C=O) groups is 3. The van der Waals surface area contributed by atoms with Gasteiger partial charge in [0.25, 0.3) is 5.91 Å². The quantitative estimate of drug-likeness (QED) is 0.782. The lowest BCUT2D eigenvalue weighted by atomic mass is 9.92. The number of aryl methyl sites for hydroxylation is 1. The van der Waals surface area contributed by atoms with Gasteiger partial charge in [-0.25, -0.2) is 9.78 Å².